The monoisotopic (exact) mass is 472 g/mol. The summed E-state index contributed by atoms with van der Waals surface area (Å²) in [4.78, 5) is 30.9. The van der Waals surface area contributed by atoms with Crippen LogP contribution >= 0.6 is 15.9 Å². The first kappa shape index (κ1) is 19.4. The maximum absolute atomic E-state index is 13.3. The zero-order chi connectivity index (χ0) is 21.5. The number of carbonyl (C=O) groups excluding carboxylic acids is 1. The van der Waals surface area contributed by atoms with Gasteiger partial charge in [0.15, 0.2) is 17.3 Å². The van der Waals surface area contributed by atoms with E-state index in [9.17, 15) is 9.59 Å². The van der Waals surface area contributed by atoms with Crippen LogP contribution in [0.25, 0.3) is 27.9 Å². The Morgan fingerprint density at radius 3 is 2.42 bits per heavy atom. The molecule has 0 fully saturated rings. The summed E-state index contributed by atoms with van der Waals surface area (Å²) in [6.07, 6.45) is 0. The predicted molar refractivity (Wildman–Crippen MR) is 123 cm³/mol. The zero-order valence-corrected chi connectivity index (χ0v) is 18.2. The number of para-hydroxylation sites is 1. The molecule has 0 spiro atoms. The third kappa shape index (κ3) is 3.47. The fourth-order valence-corrected chi connectivity index (χ4v) is 3.85. The third-order valence-corrected chi connectivity index (χ3v) is 5.76. The summed E-state index contributed by atoms with van der Waals surface area (Å²) < 4.78 is 3.63. The molecule has 2 heterocycles. The van der Waals surface area contributed by atoms with Gasteiger partial charge >= 0.3 is 5.69 Å². The lowest BCUT2D eigenvalue weighted by Gasteiger charge is -2.10. The molecule has 6 nitrogen and oxygen atoms in total. The molecular weight excluding hydrogens is 456 g/mol. The van der Waals surface area contributed by atoms with Crippen LogP contribution in [0.4, 0.5) is 0 Å². The number of nitrogens with zero attached hydrogens (tertiary/aromatic N) is 4. The van der Waals surface area contributed by atoms with Crippen molar-refractivity contribution in [1.82, 2.24) is 19.2 Å². The molecule has 31 heavy (non-hydrogen) atoms. The lowest BCUT2D eigenvalue weighted by Crippen LogP contribution is -2.30. The zero-order valence-electron chi connectivity index (χ0n) is 16.6. The Labute approximate surface area is 185 Å². The Bertz CT molecular complexity index is 1500. The van der Waals surface area contributed by atoms with Crippen LogP contribution in [0.1, 0.15) is 15.9 Å². The van der Waals surface area contributed by atoms with Gasteiger partial charge in [-0.3, -0.25) is 9.36 Å². The van der Waals surface area contributed by atoms with Crippen molar-refractivity contribution >= 4 is 38.3 Å². The summed E-state index contributed by atoms with van der Waals surface area (Å²) in [5, 5.41) is 5.23. The van der Waals surface area contributed by atoms with Gasteiger partial charge in [0, 0.05) is 21.0 Å². The van der Waals surface area contributed by atoms with Crippen molar-refractivity contribution in [2.75, 3.05) is 0 Å². The molecule has 7 heteroatoms. The van der Waals surface area contributed by atoms with Gasteiger partial charge < -0.3 is 0 Å². The number of hydrogen-bond donors (Lipinski definition) is 0. The van der Waals surface area contributed by atoms with Crippen molar-refractivity contribution in [2.45, 2.75) is 13.5 Å². The minimum atomic E-state index is -0.398. The van der Waals surface area contributed by atoms with E-state index in [4.69, 9.17) is 0 Å². The van der Waals surface area contributed by atoms with Crippen LogP contribution in [-0.4, -0.2) is 24.9 Å². The van der Waals surface area contributed by atoms with E-state index in [2.05, 4.69) is 26.0 Å². The number of halogens is 1. The molecular formula is C24H17BrN4O2. The molecule has 0 N–H and O–H groups in total. The highest BCUT2D eigenvalue weighted by Gasteiger charge is 2.18. The van der Waals surface area contributed by atoms with Crippen LogP contribution in [0.5, 0.6) is 0 Å². The first-order valence-electron chi connectivity index (χ1n) is 9.75. The summed E-state index contributed by atoms with van der Waals surface area (Å²) in [5.74, 6) is 0.317. The first-order valence-corrected chi connectivity index (χ1v) is 10.5. The predicted octanol–water partition coefficient (Wildman–Crippen LogP) is 4.67. The SMILES string of the molecule is Cc1ccc(-c2nc3c4ccccc4n(CC(=O)c4ccc(Br)cc4)c(=O)n3n2)cc1. The van der Waals surface area contributed by atoms with Crippen molar-refractivity contribution in [3.8, 4) is 11.4 Å². The topological polar surface area (TPSA) is 69.3 Å². The molecule has 0 aliphatic heterocycles. The average Bonchev–Trinajstić information content (AvgIpc) is 3.23. The summed E-state index contributed by atoms with van der Waals surface area (Å²) >= 11 is 3.37. The number of aryl methyl sites for hydroxylation is 1. The molecule has 3 aromatic carbocycles. The number of hydrogen-bond acceptors (Lipinski definition) is 4. The fourth-order valence-electron chi connectivity index (χ4n) is 3.58. The number of benzene rings is 3. The highest BCUT2D eigenvalue weighted by Crippen LogP contribution is 2.22. The molecule has 0 atom stereocenters. The Kier molecular flexibility index (Phi) is 4.75. The van der Waals surface area contributed by atoms with Crippen molar-refractivity contribution in [1.29, 1.82) is 0 Å². The Morgan fingerprint density at radius 2 is 1.68 bits per heavy atom. The van der Waals surface area contributed by atoms with Crippen molar-refractivity contribution in [3.63, 3.8) is 0 Å². The second kappa shape index (κ2) is 7.59. The van der Waals surface area contributed by atoms with Gasteiger partial charge in [0.1, 0.15) is 0 Å². The molecule has 0 saturated heterocycles. The normalized spacial score (nSPS) is 11.3. The maximum atomic E-state index is 13.3. The van der Waals surface area contributed by atoms with Gasteiger partial charge in [0.25, 0.3) is 0 Å². The second-order valence-corrected chi connectivity index (χ2v) is 8.27. The molecule has 0 bridgehead atoms. The lowest BCUT2D eigenvalue weighted by molar-refractivity contribution is 0.0971. The smallest absolute Gasteiger partial charge is 0.292 e. The standard InChI is InChI=1S/C24H17BrN4O2/c1-15-6-8-17(9-7-15)22-26-23-19-4-2-3-5-20(19)28(24(31)29(23)27-22)14-21(30)16-10-12-18(25)13-11-16/h2-13H,14H2,1H3. The molecule has 0 saturated carbocycles. The summed E-state index contributed by atoms with van der Waals surface area (Å²) in [6, 6.07) is 22.4. The van der Waals surface area contributed by atoms with Gasteiger partial charge in [-0.1, -0.05) is 70.0 Å². The van der Waals surface area contributed by atoms with Crippen molar-refractivity contribution in [3.05, 3.63) is 98.9 Å². The van der Waals surface area contributed by atoms with E-state index in [1.807, 2.05) is 67.6 Å². The number of Topliss-reactive ketones (excluding diaryl/α,β-unsaturated/α-hetero) is 1. The van der Waals surface area contributed by atoms with E-state index in [1.165, 1.54) is 9.08 Å². The van der Waals surface area contributed by atoms with Crippen LogP contribution < -0.4 is 5.69 Å². The van der Waals surface area contributed by atoms with E-state index >= 15 is 0 Å². The molecule has 5 aromatic rings. The van der Waals surface area contributed by atoms with Crippen LogP contribution in [0.2, 0.25) is 0 Å². The van der Waals surface area contributed by atoms with Crippen molar-refractivity contribution < 1.29 is 4.79 Å². The molecule has 2 aromatic heterocycles. The number of ketones is 1. The van der Waals surface area contributed by atoms with Crippen LogP contribution in [-0.2, 0) is 6.54 Å². The summed E-state index contributed by atoms with van der Waals surface area (Å²) in [7, 11) is 0. The fraction of sp³-hybridized carbons (Fsp3) is 0.0833. The molecule has 0 aliphatic carbocycles. The van der Waals surface area contributed by atoms with E-state index in [1.54, 1.807) is 12.1 Å². The number of carbonyl (C=O) groups is 1. The van der Waals surface area contributed by atoms with Gasteiger partial charge in [-0.25, -0.2) is 9.78 Å². The molecule has 0 radical (unpaired) electrons. The number of aromatic nitrogens is 4. The third-order valence-electron chi connectivity index (χ3n) is 5.23. The molecule has 152 valence electrons. The number of fused-ring (bicyclic) bond motifs is 3. The van der Waals surface area contributed by atoms with E-state index in [-0.39, 0.29) is 12.3 Å². The Hall–Kier alpha value is -3.58. The minimum absolute atomic E-state index is 0.0867. The Balaban J connectivity index is 1.68. The van der Waals surface area contributed by atoms with Gasteiger partial charge in [-0.05, 0) is 31.2 Å². The Morgan fingerprint density at radius 1 is 0.968 bits per heavy atom. The first-order chi connectivity index (χ1) is 15.0. The van der Waals surface area contributed by atoms with E-state index in [0.29, 0.717) is 22.6 Å². The largest absolute Gasteiger partial charge is 0.351 e. The van der Waals surface area contributed by atoms with Gasteiger partial charge in [-0.2, -0.15) is 4.52 Å². The number of rotatable bonds is 4. The average molecular weight is 473 g/mol. The second-order valence-electron chi connectivity index (χ2n) is 7.35. The van der Waals surface area contributed by atoms with Gasteiger partial charge in [0.05, 0.1) is 12.1 Å². The highest BCUT2D eigenvalue weighted by atomic mass is 79.9. The van der Waals surface area contributed by atoms with E-state index < -0.39 is 5.69 Å². The van der Waals surface area contributed by atoms with Crippen LogP contribution in [0, 0.1) is 6.92 Å². The summed E-state index contributed by atoms with van der Waals surface area (Å²) in [5.41, 5.74) is 3.22. The quantitative estimate of drug-likeness (QED) is 0.356. The molecule has 0 unspecified atom stereocenters. The molecule has 0 amide bonds. The molecule has 5 rings (SSSR count). The lowest BCUT2D eigenvalue weighted by atomic mass is 10.1. The summed E-state index contributed by atoms with van der Waals surface area (Å²) in [6.45, 7) is 1.92. The van der Waals surface area contributed by atoms with Crippen LogP contribution in [0.3, 0.4) is 0 Å². The van der Waals surface area contributed by atoms with Gasteiger partial charge in [-0.15, -0.1) is 5.10 Å². The van der Waals surface area contributed by atoms with Crippen molar-refractivity contribution in [2.24, 2.45) is 0 Å². The highest BCUT2D eigenvalue weighted by molar-refractivity contribution is 9.10. The van der Waals surface area contributed by atoms with Gasteiger partial charge in [0.2, 0.25) is 0 Å². The van der Waals surface area contributed by atoms with E-state index in [0.717, 1.165) is 21.0 Å². The maximum Gasteiger partial charge on any atom is 0.351 e. The molecule has 0 aliphatic rings. The minimum Gasteiger partial charge on any atom is -0.292 e. The van der Waals surface area contributed by atoms with Crippen LogP contribution in [0.15, 0.2) is 82.1 Å².